The number of esters is 1. The van der Waals surface area contributed by atoms with Crippen LogP contribution in [0.5, 0.6) is 0 Å². The van der Waals surface area contributed by atoms with E-state index in [1.54, 1.807) is 0 Å². The average Bonchev–Trinajstić information content (AvgIpc) is 2.37. The monoisotopic (exact) mass is 288 g/mol. The molecule has 8 nitrogen and oxygen atoms in total. The Morgan fingerprint density at radius 1 is 1.20 bits per heavy atom. The maximum Gasteiger partial charge on any atom is 0.325 e. The number of methoxy groups -OCH3 is 1. The van der Waals surface area contributed by atoms with E-state index in [1.165, 1.54) is 12.0 Å². The molecule has 0 aromatic heterocycles. The number of carbonyl (C=O) groups is 4. The van der Waals surface area contributed by atoms with E-state index in [9.17, 15) is 19.2 Å². The number of carbonyl (C=O) groups excluding carboxylic acids is 3. The minimum atomic E-state index is -0.998. The summed E-state index contributed by atoms with van der Waals surface area (Å²) < 4.78 is 4.46. The third-order valence-electron chi connectivity index (χ3n) is 2.37. The van der Waals surface area contributed by atoms with Gasteiger partial charge in [0.15, 0.2) is 0 Å². The number of imide groups is 1. The van der Waals surface area contributed by atoms with Crippen LogP contribution in [0.3, 0.4) is 0 Å². The lowest BCUT2D eigenvalue weighted by Gasteiger charge is -2.20. The van der Waals surface area contributed by atoms with Gasteiger partial charge in [0.2, 0.25) is 5.91 Å². The van der Waals surface area contributed by atoms with Crippen LogP contribution in [0, 0.1) is 0 Å². The van der Waals surface area contributed by atoms with E-state index in [2.05, 4.69) is 10.1 Å². The summed E-state index contributed by atoms with van der Waals surface area (Å²) >= 11 is 0. The molecule has 0 saturated heterocycles. The SMILES string of the molecule is CCCN(CC(=O)OC)C(=O)NC(=O)CCCC(=O)O. The number of carboxylic acid groups (broad SMARTS) is 1. The standard InChI is InChI=1S/C12H20N2O6/c1-3-7-14(8-11(18)20-2)12(19)13-9(15)5-4-6-10(16)17/h3-8H2,1-2H3,(H,16,17)(H,13,15,19). The fraction of sp³-hybridized carbons (Fsp3) is 0.667. The molecule has 114 valence electrons. The number of hydrogen-bond donors (Lipinski definition) is 2. The third-order valence-corrected chi connectivity index (χ3v) is 2.37. The van der Waals surface area contributed by atoms with E-state index >= 15 is 0 Å². The van der Waals surface area contributed by atoms with Crippen LogP contribution in [0.2, 0.25) is 0 Å². The van der Waals surface area contributed by atoms with Gasteiger partial charge in [-0.3, -0.25) is 19.7 Å². The highest BCUT2D eigenvalue weighted by Crippen LogP contribution is 1.98. The molecule has 0 fully saturated rings. The first-order valence-electron chi connectivity index (χ1n) is 6.28. The number of carboxylic acids is 1. The molecule has 8 heteroatoms. The summed E-state index contributed by atoms with van der Waals surface area (Å²) in [6, 6.07) is -0.683. The number of nitrogens with zero attached hydrogens (tertiary/aromatic N) is 1. The van der Waals surface area contributed by atoms with E-state index in [0.29, 0.717) is 13.0 Å². The molecule has 0 bridgehead atoms. The zero-order valence-corrected chi connectivity index (χ0v) is 11.7. The van der Waals surface area contributed by atoms with Gasteiger partial charge < -0.3 is 14.7 Å². The Morgan fingerprint density at radius 2 is 1.85 bits per heavy atom. The molecule has 0 unspecified atom stereocenters. The summed E-state index contributed by atoms with van der Waals surface area (Å²) in [5, 5.41) is 10.5. The number of rotatable bonds is 8. The Hall–Kier alpha value is -2.12. The highest BCUT2D eigenvalue weighted by atomic mass is 16.5. The van der Waals surface area contributed by atoms with Crippen molar-refractivity contribution in [1.82, 2.24) is 10.2 Å². The summed E-state index contributed by atoms with van der Waals surface area (Å²) in [4.78, 5) is 45.8. The predicted molar refractivity (Wildman–Crippen MR) is 68.9 cm³/mol. The molecule has 0 radical (unpaired) electrons. The van der Waals surface area contributed by atoms with Gasteiger partial charge in [0.1, 0.15) is 6.54 Å². The van der Waals surface area contributed by atoms with Crippen molar-refractivity contribution in [2.45, 2.75) is 32.6 Å². The van der Waals surface area contributed by atoms with Gasteiger partial charge in [-0.1, -0.05) is 6.92 Å². The zero-order valence-electron chi connectivity index (χ0n) is 11.7. The molecule has 0 aromatic rings. The van der Waals surface area contributed by atoms with Gasteiger partial charge in [0.25, 0.3) is 0 Å². The number of amides is 3. The van der Waals surface area contributed by atoms with E-state index in [4.69, 9.17) is 5.11 Å². The molecule has 0 rings (SSSR count). The maximum absolute atomic E-state index is 11.8. The van der Waals surface area contributed by atoms with Gasteiger partial charge in [-0.05, 0) is 12.8 Å². The lowest BCUT2D eigenvalue weighted by Crippen LogP contribution is -2.45. The summed E-state index contributed by atoms with van der Waals surface area (Å²) in [6.07, 6.45) is 0.579. The van der Waals surface area contributed by atoms with Crippen LogP contribution >= 0.6 is 0 Å². The Kier molecular flexibility index (Phi) is 8.73. The largest absolute Gasteiger partial charge is 0.481 e. The smallest absolute Gasteiger partial charge is 0.325 e. The van der Waals surface area contributed by atoms with Crippen molar-refractivity contribution < 1.29 is 29.0 Å². The molecular formula is C12H20N2O6. The summed E-state index contributed by atoms with van der Waals surface area (Å²) in [5.41, 5.74) is 0. The van der Waals surface area contributed by atoms with Crippen molar-refractivity contribution in [3.05, 3.63) is 0 Å². The quantitative estimate of drug-likeness (QED) is 0.624. The lowest BCUT2D eigenvalue weighted by atomic mass is 10.2. The Morgan fingerprint density at radius 3 is 2.35 bits per heavy atom. The number of aliphatic carboxylic acids is 1. The van der Waals surface area contributed by atoms with Crippen molar-refractivity contribution >= 4 is 23.9 Å². The molecule has 0 aliphatic rings. The normalized spacial score (nSPS) is 9.70. The molecule has 3 amide bonds. The molecule has 20 heavy (non-hydrogen) atoms. The highest BCUT2D eigenvalue weighted by Gasteiger charge is 2.18. The van der Waals surface area contributed by atoms with Crippen LogP contribution in [0.4, 0.5) is 4.79 Å². The Labute approximate surface area is 117 Å². The first-order chi connectivity index (χ1) is 9.40. The topological polar surface area (TPSA) is 113 Å². The van der Waals surface area contributed by atoms with E-state index < -0.39 is 23.9 Å². The number of nitrogens with one attached hydrogen (secondary N) is 1. The molecule has 0 heterocycles. The second-order valence-electron chi connectivity index (χ2n) is 4.10. The fourth-order valence-corrected chi connectivity index (χ4v) is 1.40. The molecule has 2 N–H and O–H groups in total. The summed E-state index contributed by atoms with van der Waals surface area (Å²) in [5.74, 6) is -2.14. The molecule has 0 aromatic carbocycles. The van der Waals surface area contributed by atoms with Crippen LogP contribution in [0.25, 0.3) is 0 Å². The van der Waals surface area contributed by atoms with E-state index in [-0.39, 0.29) is 25.8 Å². The van der Waals surface area contributed by atoms with Gasteiger partial charge in [0, 0.05) is 19.4 Å². The lowest BCUT2D eigenvalue weighted by molar-refractivity contribution is -0.141. The van der Waals surface area contributed by atoms with Crippen molar-refractivity contribution in [3.8, 4) is 0 Å². The van der Waals surface area contributed by atoms with Crippen molar-refractivity contribution in [1.29, 1.82) is 0 Å². The second kappa shape index (κ2) is 9.76. The molecular weight excluding hydrogens is 268 g/mol. The first kappa shape index (κ1) is 17.9. The van der Waals surface area contributed by atoms with Crippen LogP contribution in [0.1, 0.15) is 32.6 Å². The van der Waals surface area contributed by atoms with Crippen LogP contribution in [-0.4, -0.2) is 54.1 Å². The van der Waals surface area contributed by atoms with Gasteiger partial charge in [-0.15, -0.1) is 0 Å². The Balaban J connectivity index is 4.26. The molecule has 0 spiro atoms. The second-order valence-corrected chi connectivity index (χ2v) is 4.10. The van der Waals surface area contributed by atoms with E-state index in [1.807, 2.05) is 6.92 Å². The van der Waals surface area contributed by atoms with E-state index in [0.717, 1.165) is 0 Å². The fourth-order valence-electron chi connectivity index (χ4n) is 1.40. The minimum Gasteiger partial charge on any atom is -0.481 e. The predicted octanol–water partition coefficient (Wildman–Crippen LogP) is 0.362. The highest BCUT2D eigenvalue weighted by molar-refractivity contribution is 5.95. The van der Waals surface area contributed by atoms with Crippen LogP contribution in [-0.2, 0) is 19.1 Å². The minimum absolute atomic E-state index is 0.0593. The number of hydrogen-bond acceptors (Lipinski definition) is 5. The third kappa shape index (κ3) is 8.06. The average molecular weight is 288 g/mol. The zero-order chi connectivity index (χ0) is 15.5. The van der Waals surface area contributed by atoms with Crippen LogP contribution in [0.15, 0.2) is 0 Å². The molecule has 0 aliphatic heterocycles. The van der Waals surface area contributed by atoms with Crippen molar-refractivity contribution in [2.75, 3.05) is 20.2 Å². The van der Waals surface area contributed by atoms with Gasteiger partial charge in [-0.2, -0.15) is 0 Å². The van der Waals surface area contributed by atoms with Gasteiger partial charge in [-0.25, -0.2) is 4.79 Å². The molecule has 0 aliphatic carbocycles. The van der Waals surface area contributed by atoms with Crippen molar-refractivity contribution in [3.63, 3.8) is 0 Å². The molecule has 0 saturated carbocycles. The summed E-state index contributed by atoms with van der Waals surface area (Å²) in [7, 11) is 1.21. The van der Waals surface area contributed by atoms with Crippen molar-refractivity contribution in [2.24, 2.45) is 0 Å². The number of ether oxygens (including phenoxy) is 1. The van der Waals surface area contributed by atoms with Gasteiger partial charge in [0.05, 0.1) is 7.11 Å². The Bertz CT molecular complexity index is 369. The first-order valence-corrected chi connectivity index (χ1v) is 6.28. The summed E-state index contributed by atoms with van der Waals surface area (Å²) in [6.45, 7) is 1.90. The maximum atomic E-state index is 11.8. The van der Waals surface area contributed by atoms with Crippen LogP contribution < -0.4 is 5.32 Å². The van der Waals surface area contributed by atoms with Gasteiger partial charge >= 0.3 is 18.0 Å². The number of urea groups is 1. The molecule has 0 atom stereocenters.